The molecule has 0 spiro atoms. The normalized spacial score (nSPS) is 14.2. The second kappa shape index (κ2) is 6.24. The van der Waals surface area contributed by atoms with Gasteiger partial charge in [0, 0.05) is 7.05 Å². The van der Waals surface area contributed by atoms with Crippen LogP contribution in [-0.2, 0) is 29.9 Å². The Morgan fingerprint density at radius 2 is 1.77 bits per heavy atom. The number of anilines is 1. The first-order valence-corrected chi connectivity index (χ1v) is 9.97. The number of hydrogen-bond acceptors (Lipinski definition) is 5. The predicted octanol–water partition coefficient (Wildman–Crippen LogP) is 1.99. The van der Waals surface area contributed by atoms with Gasteiger partial charge < -0.3 is 0 Å². The third-order valence-corrected chi connectivity index (χ3v) is 6.19. The van der Waals surface area contributed by atoms with Crippen LogP contribution in [0, 0.1) is 6.92 Å². The highest BCUT2D eigenvalue weighted by Gasteiger charge is 2.23. The standard InChI is InChI=1S/C17H20N6O2S/c1-12-16(17(20-22(12)2)23-10-18-19-11-23)21-26(24,25)15-8-7-13-5-3-4-6-14(13)9-15/h7-11,21H,3-6H2,1-2H3. The van der Waals surface area contributed by atoms with Gasteiger partial charge in [-0.2, -0.15) is 5.10 Å². The third kappa shape index (κ3) is 2.88. The fourth-order valence-electron chi connectivity index (χ4n) is 3.27. The summed E-state index contributed by atoms with van der Waals surface area (Å²) >= 11 is 0. The number of nitrogens with one attached hydrogen (secondary N) is 1. The van der Waals surface area contributed by atoms with E-state index in [0.717, 1.165) is 31.2 Å². The molecule has 0 aliphatic heterocycles. The molecule has 26 heavy (non-hydrogen) atoms. The highest BCUT2D eigenvalue weighted by atomic mass is 32.2. The summed E-state index contributed by atoms with van der Waals surface area (Å²) in [5, 5.41) is 11.9. The molecule has 2 heterocycles. The van der Waals surface area contributed by atoms with Gasteiger partial charge in [-0.05, 0) is 55.9 Å². The van der Waals surface area contributed by atoms with E-state index in [0.29, 0.717) is 17.2 Å². The molecule has 0 radical (unpaired) electrons. The number of sulfonamides is 1. The zero-order chi connectivity index (χ0) is 18.3. The van der Waals surface area contributed by atoms with Crippen molar-refractivity contribution in [3.63, 3.8) is 0 Å². The van der Waals surface area contributed by atoms with Gasteiger partial charge in [-0.1, -0.05) is 6.07 Å². The van der Waals surface area contributed by atoms with Gasteiger partial charge in [-0.3, -0.25) is 14.0 Å². The van der Waals surface area contributed by atoms with E-state index >= 15 is 0 Å². The summed E-state index contributed by atoms with van der Waals surface area (Å²) in [6, 6.07) is 5.40. The molecule has 4 rings (SSSR count). The van der Waals surface area contributed by atoms with Crippen LogP contribution in [0.1, 0.15) is 29.7 Å². The van der Waals surface area contributed by atoms with E-state index in [9.17, 15) is 8.42 Å². The van der Waals surface area contributed by atoms with E-state index in [1.54, 1.807) is 28.4 Å². The van der Waals surface area contributed by atoms with E-state index in [2.05, 4.69) is 20.0 Å². The van der Waals surface area contributed by atoms with Crippen molar-refractivity contribution in [2.75, 3.05) is 4.72 Å². The van der Waals surface area contributed by atoms with Crippen LogP contribution in [-0.4, -0.2) is 33.0 Å². The van der Waals surface area contributed by atoms with E-state index in [4.69, 9.17) is 0 Å². The number of rotatable bonds is 4. The number of aromatic nitrogens is 5. The van der Waals surface area contributed by atoms with Crippen LogP contribution in [0.3, 0.4) is 0 Å². The molecule has 0 saturated heterocycles. The van der Waals surface area contributed by atoms with Gasteiger partial charge in [0.2, 0.25) is 0 Å². The lowest BCUT2D eigenvalue weighted by molar-refractivity contribution is 0.600. The Kier molecular flexibility index (Phi) is 4.03. The number of aryl methyl sites for hydroxylation is 3. The summed E-state index contributed by atoms with van der Waals surface area (Å²) < 4.78 is 31.9. The summed E-state index contributed by atoms with van der Waals surface area (Å²) in [6.07, 6.45) is 7.17. The maximum Gasteiger partial charge on any atom is 0.262 e. The maximum atomic E-state index is 13.0. The van der Waals surface area contributed by atoms with E-state index in [1.807, 2.05) is 13.0 Å². The van der Waals surface area contributed by atoms with Gasteiger partial charge in [-0.25, -0.2) is 8.42 Å². The van der Waals surface area contributed by atoms with Crippen LogP contribution in [0.25, 0.3) is 5.82 Å². The van der Waals surface area contributed by atoms with Crippen molar-refractivity contribution in [3.05, 3.63) is 47.7 Å². The highest BCUT2D eigenvalue weighted by Crippen LogP contribution is 2.28. The van der Waals surface area contributed by atoms with Crippen molar-refractivity contribution in [3.8, 4) is 5.82 Å². The smallest absolute Gasteiger partial charge is 0.262 e. The first-order chi connectivity index (χ1) is 12.5. The molecule has 0 bridgehead atoms. The van der Waals surface area contributed by atoms with Crippen molar-refractivity contribution in [2.24, 2.45) is 7.05 Å². The summed E-state index contributed by atoms with van der Waals surface area (Å²) in [6.45, 7) is 1.81. The van der Waals surface area contributed by atoms with Gasteiger partial charge >= 0.3 is 0 Å². The van der Waals surface area contributed by atoms with Crippen LogP contribution in [0.15, 0.2) is 35.7 Å². The Labute approximate surface area is 151 Å². The van der Waals surface area contributed by atoms with E-state index in [1.165, 1.54) is 18.2 Å². The van der Waals surface area contributed by atoms with Crippen molar-refractivity contribution in [1.82, 2.24) is 24.5 Å². The first kappa shape index (κ1) is 16.8. The van der Waals surface area contributed by atoms with Crippen LogP contribution >= 0.6 is 0 Å². The Morgan fingerprint density at radius 3 is 2.50 bits per heavy atom. The Morgan fingerprint density at radius 1 is 1.08 bits per heavy atom. The van der Waals surface area contributed by atoms with Gasteiger partial charge in [0.15, 0.2) is 5.82 Å². The Hall–Kier alpha value is -2.68. The quantitative estimate of drug-likeness (QED) is 0.756. The molecule has 0 atom stereocenters. The molecule has 9 heteroatoms. The highest BCUT2D eigenvalue weighted by molar-refractivity contribution is 7.92. The number of fused-ring (bicyclic) bond motifs is 1. The lowest BCUT2D eigenvalue weighted by atomic mass is 9.92. The molecule has 1 N–H and O–H groups in total. The largest absolute Gasteiger partial charge is 0.274 e. The van der Waals surface area contributed by atoms with Gasteiger partial charge in [-0.15, -0.1) is 10.2 Å². The van der Waals surface area contributed by atoms with Crippen LogP contribution < -0.4 is 4.72 Å². The monoisotopic (exact) mass is 372 g/mol. The summed E-state index contributed by atoms with van der Waals surface area (Å²) in [7, 11) is -1.96. The molecular formula is C17H20N6O2S. The molecular weight excluding hydrogens is 352 g/mol. The van der Waals surface area contributed by atoms with Crippen molar-refractivity contribution in [1.29, 1.82) is 0 Å². The number of hydrogen-bond donors (Lipinski definition) is 1. The molecule has 1 aromatic carbocycles. The topological polar surface area (TPSA) is 94.7 Å². The molecule has 1 aliphatic rings. The molecule has 0 unspecified atom stereocenters. The molecule has 136 valence electrons. The summed E-state index contributed by atoms with van der Waals surface area (Å²) in [5.41, 5.74) is 3.50. The molecule has 8 nitrogen and oxygen atoms in total. The van der Waals surface area contributed by atoms with Gasteiger partial charge in [0.1, 0.15) is 18.3 Å². The second-order valence-electron chi connectivity index (χ2n) is 6.52. The lowest BCUT2D eigenvalue weighted by Crippen LogP contribution is -2.16. The average molecular weight is 372 g/mol. The predicted molar refractivity (Wildman–Crippen MR) is 96.8 cm³/mol. The van der Waals surface area contributed by atoms with Gasteiger partial charge in [0.25, 0.3) is 10.0 Å². The lowest BCUT2D eigenvalue weighted by Gasteiger charge is -2.17. The number of benzene rings is 1. The molecule has 0 amide bonds. The Balaban J connectivity index is 1.73. The van der Waals surface area contributed by atoms with Crippen LogP contribution in [0.4, 0.5) is 5.69 Å². The molecule has 0 saturated carbocycles. The minimum atomic E-state index is -3.73. The maximum absolute atomic E-state index is 13.0. The molecule has 3 aromatic rings. The zero-order valence-electron chi connectivity index (χ0n) is 14.7. The van der Waals surface area contributed by atoms with Gasteiger partial charge in [0.05, 0.1) is 10.6 Å². The van der Waals surface area contributed by atoms with Crippen molar-refractivity contribution < 1.29 is 8.42 Å². The van der Waals surface area contributed by atoms with Crippen molar-refractivity contribution in [2.45, 2.75) is 37.5 Å². The minimum absolute atomic E-state index is 0.274. The summed E-state index contributed by atoms with van der Waals surface area (Å²) in [5.74, 6) is 0.441. The fraction of sp³-hybridized carbons (Fsp3) is 0.353. The zero-order valence-corrected chi connectivity index (χ0v) is 15.5. The third-order valence-electron chi connectivity index (χ3n) is 4.85. The number of nitrogens with zero attached hydrogens (tertiary/aromatic N) is 5. The first-order valence-electron chi connectivity index (χ1n) is 8.49. The van der Waals surface area contributed by atoms with Crippen LogP contribution in [0.5, 0.6) is 0 Å². The minimum Gasteiger partial charge on any atom is -0.274 e. The van der Waals surface area contributed by atoms with E-state index < -0.39 is 10.0 Å². The van der Waals surface area contributed by atoms with Crippen molar-refractivity contribution >= 4 is 15.7 Å². The molecule has 1 aliphatic carbocycles. The Bertz CT molecular complexity index is 1050. The fourth-order valence-corrected chi connectivity index (χ4v) is 4.44. The second-order valence-corrected chi connectivity index (χ2v) is 8.20. The van der Waals surface area contributed by atoms with Crippen LogP contribution in [0.2, 0.25) is 0 Å². The average Bonchev–Trinajstić information content (AvgIpc) is 3.25. The SMILES string of the molecule is Cc1c(NS(=O)(=O)c2ccc3c(c2)CCCC3)c(-n2cnnc2)nn1C. The summed E-state index contributed by atoms with van der Waals surface area (Å²) in [4.78, 5) is 0.274. The molecule has 0 fully saturated rings. The molecule has 2 aromatic heterocycles. The van der Waals surface area contributed by atoms with E-state index in [-0.39, 0.29) is 4.90 Å².